The Morgan fingerprint density at radius 3 is 2.26 bits per heavy atom. The van der Waals surface area contributed by atoms with Gasteiger partial charge in [-0.25, -0.2) is 4.98 Å². The van der Waals surface area contributed by atoms with Crippen LogP contribution in [0.2, 0.25) is 0 Å². The zero-order valence-corrected chi connectivity index (χ0v) is 24.0. The van der Waals surface area contributed by atoms with Gasteiger partial charge in [-0.1, -0.05) is 48.0 Å². The van der Waals surface area contributed by atoms with Gasteiger partial charge < -0.3 is 31.6 Å². The van der Waals surface area contributed by atoms with Gasteiger partial charge in [-0.05, 0) is 30.6 Å². The normalized spacial score (nSPS) is 18.4. The summed E-state index contributed by atoms with van der Waals surface area (Å²) in [5.74, 6) is -2.65. The highest BCUT2D eigenvalue weighted by Gasteiger charge is 2.39. The van der Waals surface area contributed by atoms with Gasteiger partial charge in [-0.15, -0.1) is 0 Å². The predicted molar refractivity (Wildman–Crippen MR) is 146 cm³/mol. The molecule has 12 nitrogen and oxygen atoms in total. The molecule has 1 aliphatic rings. The highest BCUT2D eigenvalue weighted by atomic mass is 16.2. The summed E-state index contributed by atoms with van der Waals surface area (Å²) in [6.07, 6.45) is 5.21. The lowest BCUT2D eigenvalue weighted by Gasteiger charge is -2.32. The van der Waals surface area contributed by atoms with Crippen molar-refractivity contribution in [3.63, 3.8) is 0 Å². The first-order chi connectivity index (χ1) is 18.3. The molecule has 0 radical (unpaired) electrons. The molecule has 1 fully saturated rings. The Bertz CT molecular complexity index is 995. The number of hydrogen-bond donors (Lipinski definition) is 5. The lowest BCUT2D eigenvalue weighted by atomic mass is 9.95. The average molecular weight is 548 g/mol. The summed E-state index contributed by atoms with van der Waals surface area (Å²) in [4.78, 5) is 73.1. The zero-order valence-electron chi connectivity index (χ0n) is 24.0. The summed E-state index contributed by atoms with van der Waals surface area (Å²) in [7, 11) is 0. The van der Waals surface area contributed by atoms with Crippen molar-refractivity contribution in [3.05, 3.63) is 18.2 Å². The fourth-order valence-corrected chi connectivity index (χ4v) is 4.67. The first-order valence-electron chi connectivity index (χ1n) is 13.8. The van der Waals surface area contributed by atoms with Gasteiger partial charge in [0.05, 0.1) is 6.33 Å². The van der Waals surface area contributed by atoms with Gasteiger partial charge in [0, 0.05) is 31.3 Å². The number of hydrogen-bond acceptors (Lipinski definition) is 6. The Labute approximate surface area is 230 Å². The first kappa shape index (κ1) is 31.8. The summed E-state index contributed by atoms with van der Waals surface area (Å²) in [6.45, 7) is 11.6. The van der Waals surface area contributed by atoms with Crippen molar-refractivity contribution < 1.29 is 24.0 Å². The summed E-state index contributed by atoms with van der Waals surface area (Å²) < 4.78 is 0. The molecule has 0 unspecified atom stereocenters. The molecule has 1 aromatic rings. The van der Waals surface area contributed by atoms with Crippen LogP contribution in [0.4, 0.5) is 0 Å². The SMILES string of the molecule is CC[C@H](C)[C@H](NC(=O)[C@H](Cc1cnc[nH]1)NC(=O)CC(C)C)C(=O)N[C@H](C(=O)N1CCC[C@H]1C(N)=O)C(C)C. The van der Waals surface area contributed by atoms with Crippen LogP contribution in [0.1, 0.15) is 72.9 Å². The van der Waals surface area contributed by atoms with E-state index < -0.39 is 41.9 Å². The number of aromatic amines is 1. The Kier molecular flexibility index (Phi) is 11.9. The topological polar surface area (TPSA) is 179 Å². The van der Waals surface area contributed by atoms with Crippen LogP contribution >= 0.6 is 0 Å². The number of nitrogens with one attached hydrogen (secondary N) is 4. The molecule has 0 bridgehead atoms. The smallest absolute Gasteiger partial charge is 0.246 e. The van der Waals surface area contributed by atoms with E-state index in [1.54, 1.807) is 20.0 Å². The van der Waals surface area contributed by atoms with E-state index in [1.165, 1.54) is 11.2 Å². The minimum absolute atomic E-state index is 0.106. The molecule has 218 valence electrons. The van der Waals surface area contributed by atoms with Gasteiger partial charge in [0.25, 0.3) is 0 Å². The van der Waals surface area contributed by atoms with E-state index in [9.17, 15) is 24.0 Å². The molecule has 0 aromatic carbocycles. The molecule has 0 saturated carbocycles. The Balaban J connectivity index is 2.22. The molecule has 1 aromatic heterocycles. The largest absolute Gasteiger partial charge is 0.368 e. The molecule has 0 spiro atoms. The third-order valence-electron chi connectivity index (χ3n) is 7.11. The van der Waals surface area contributed by atoms with E-state index in [0.29, 0.717) is 31.5 Å². The highest BCUT2D eigenvalue weighted by molar-refractivity contribution is 5.95. The van der Waals surface area contributed by atoms with Crippen molar-refractivity contribution in [3.8, 4) is 0 Å². The van der Waals surface area contributed by atoms with Crippen molar-refractivity contribution in [1.29, 1.82) is 0 Å². The number of rotatable bonds is 14. The lowest BCUT2D eigenvalue weighted by Crippen LogP contribution is -2.60. The van der Waals surface area contributed by atoms with Crippen LogP contribution in [0, 0.1) is 17.8 Å². The summed E-state index contributed by atoms with van der Waals surface area (Å²) in [5.41, 5.74) is 6.16. The maximum atomic E-state index is 13.5. The van der Waals surface area contributed by atoms with Crippen LogP contribution in [0.15, 0.2) is 12.5 Å². The van der Waals surface area contributed by atoms with E-state index >= 15 is 0 Å². The van der Waals surface area contributed by atoms with Crippen LogP contribution in [-0.2, 0) is 30.4 Å². The van der Waals surface area contributed by atoms with E-state index in [2.05, 4.69) is 25.9 Å². The Morgan fingerprint density at radius 2 is 1.72 bits per heavy atom. The number of carbonyl (C=O) groups excluding carboxylic acids is 5. The highest BCUT2D eigenvalue weighted by Crippen LogP contribution is 2.20. The third-order valence-corrected chi connectivity index (χ3v) is 7.11. The molecule has 2 heterocycles. The number of nitrogens with two attached hydrogens (primary N) is 1. The monoisotopic (exact) mass is 547 g/mol. The summed E-state index contributed by atoms with van der Waals surface area (Å²) in [6, 6.07) is -3.47. The molecular weight excluding hydrogens is 502 g/mol. The molecule has 5 atom stereocenters. The van der Waals surface area contributed by atoms with Gasteiger partial charge in [-0.2, -0.15) is 0 Å². The van der Waals surface area contributed by atoms with Crippen LogP contribution in [-0.4, -0.2) is 75.1 Å². The van der Waals surface area contributed by atoms with Crippen LogP contribution < -0.4 is 21.7 Å². The van der Waals surface area contributed by atoms with Crippen LogP contribution in [0.5, 0.6) is 0 Å². The molecule has 5 amide bonds. The fourth-order valence-electron chi connectivity index (χ4n) is 4.67. The standard InChI is InChI=1S/C27H45N7O5/c1-7-17(6)23(26(38)32-22(16(4)5)27(39)34-10-8-9-20(34)24(28)36)33-25(37)19(12-18-13-29-14-30-18)31-21(35)11-15(2)3/h13-17,19-20,22-23H,7-12H2,1-6H3,(H2,28,36)(H,29,30)(H,31,35)(H,32,38)(H,33,37)/t17-,19-,20-,22-,23-/m0/s1. The van der Waals surface area contributed by atoms with Crippen molar-refractivity contribution >= 4 is 29.5 Å². The van der Waals surface area contributed by atoms with Crippen LogP contribution in [0.25, 0.3) is 0 Å². The molecule has 1 saturated heterocycles. The molecule has 2 rings (SSSR count). The minimum Gasteiger partial charge on any atom is -0.368 e. The predicted octanol–water partition coefficient (Wildman–Crippen LogP) is 0.631. The molecule has 6 N–H and O–H groups in total. The third kappa shape index (κ3) is 9.07. The minimum atomic E-state index is -0.951. The molecule has 1 aliphatic heterocycles. The number of carbonyl (C=O) groups is 5. The zero-order chi connectivity index (χ0) is 29.3. The molecule has 0 aliphatic carbocycles. The molecular formula is C27H45N7O5. The second-order valence-electron chi connectivity index (χ2n) is 11.2. The Hall–Kier alpha value is -3.44. The number of likely N-dealkylation sites (tertiary alicyclic amines) is 1. The quantitative estimate of drug-likeness (QED) is 0.228. The number of H-pyrrole nitrogens is 1. The average Bonchev–Trinajstić information content (AvgIpc) is 3.56. The molecule has 39 heavy (non-hydrogen) atoms. The van der Waals surface area contributed by atoms with E-state index in [4.69, 9.17) is 5.73 Å². The number of aromatic nitrogens is 2. The second-order valence-corrected chi connectivity index (χ2v) is 11.2. The van der Waals surface area contributed by atoms with Crippen molar-refractivity contribution in [2.24, 2.45) is 23.5 Å². The second kappa shape index (κ2) is 14.6. The maximum Gasteiger partial charge on any atom is 0.246 e. The van der Waals surface area contributed by atoms with E-state index in [0.717, 1.165) is 0 Å². The maximum absolute atomic E-state index is 13.5. The van der Waals surface area contributed by atoms with Crippen molar-refractivity contribution in [1.82, 2.24) is 30.8 Å². The van der Waals surface area contributed by atoms with Gasteiger partial charge in [0.2, 0.25) is 29.5 Å². The fraction of sp³-hybridized carbons (Fsp3) is 0.704. The number of primary amides is 1. The van der Waals surface area contributed by atoms with Gasteiger partial charge in [0.15, 0.2) is 0 Å². The van der Waals surface area contributed by atoms with Crippen LogP contribution in [0.3, 0.4) is 0 Å². The number of amides is 5. The van der Waals surface area contributed by atoms with Crippen molar-refractivity contribution in [2.75, 3.05) is 6.54 Å². The van der Waals surface area contributed by atoms with Crippen molar-refractivity contribution in [2.45, 2.75) is 97.8 Å². The first-order valence-corrected chi connectivity index (χ1v) is 13.8. The van der Waals surface area contributed by atoms with E-state index in [-0.39, 0.29) is 42.4 Å². The number of imidazole rings is 1. The summed E-state index contributed by atoms with van der Waals surface area (Å²) in [5, 5.41) is 8.43. The van der Waals surface area contributed by atoms with Gasteiger partial charge in [-0.3, -0.25) is 24.0 Å². The molecule has 12 heteroatoms. The lowest BCUT2D eigenvalue weighted by molar-refractivity contribution is -0.142. The van der Waals surface area contributed by atoms with Gasteiger partial charge in [0.1, 0.15) is 24.2 Å². The van der Waals surface area contributed by atoms with E-state index in [1.807, 2.05) is 27.7 Å². The number of nitrogens with zero attached hydrogens (tertiary/aromatic N) is 2. The summed E-state index contributed by atoms with van der Waals surface area (Å²) >= 11 is 0. The Morgan fingerprint density at radius 1 is 1.05 bits per heavy atom. The van der Waals surface area contributed by atoms with Gasteiger partial charge >= 0.3 is 0 Å².